The Labute approximate surface area is 88.3 Å². The van der Waals surface area contributed by atoms with Crippen molar-refractivity contribution >= 4 is 17.1 Å². The summed E-state index contributed by atoms with van der Waals surface area (Å²) in [5.74, 6) is 0.419. The highest BCUT2D eigenvalue weighted by Gasteiger charge is 2.18. The first kappa shape index (κ1) is 11.3. The highest BCUT2D eigenvalue weighted by molar-refractivity contribution is 7.13. The van der Waals surface area contributed by atoms with Crippen molar-refractivity contribution in [2.24, 2.45) is 11.7 Å². The molecule has 0 aliphatic rings. The van der Waals surface area contributed by atoms with Crippen molar-refractivity contribution in [3.8, 4) is 0 Å². The fourth-order valence-electron chi connectivity index (χ4n) is 1.17. The topological polar surface area (TPSA) is 56.0 Å². The average molecular weight is 212 g/mol. The lowest BCUT2D eigenvalue weighted by molar-refractivity contribution is 0.102. The van der Waals surface area contributed by atoms with Crippen LogP contribution in [0.25, 0.3) is 0 Å². The Morgan fingerprint density at radius 3 is 2.43 bits per heavy atom. The summed E-state index contributed by atoms with van der Waals surface area (Å²) in [6.07, 6.45) is 0. The van der Waals surface area contributed by atoms with Crippen molar-refractivity contribution in [2.75, 3.05) is 0 Å². The lowest BCUT2D eigenvalue weighted by atomic mass is 10.1. The Kier molecular flexibility index (Phi) is 3.39. The third-order valence-electron chi connectivity index (χ3n) is 2.14. The normalized spacial score (nSPS) is 13.3. The standard InChI is InChI=1S/C10H16N2OS/c1-5(2)8(11)10-12-6(3)9(14-10)7(4)13/h5,8H,11H2,1-4H3. The van der Waals surface area contributed by atoms with E-state index in [0.717, 1.165) is 15.6 Å². The third-order valence-corrected chi connectivity index (χ3v) is 3.50. The van der Waals surface area contributed by atoms with Crippen LogP contribution in [0.3, 0.4) is 0 Å². The van der Waals surface area contributed by atoms with Gasteiger partial charge < -0.3 is 5.73 Å². The highest BCUT2D eigenvalue weighted by atomic mass is 32.1. The summed E-state index contributed by atoms with van der Waals surface area (Å²) in [5.41, 5.74) is 6.76. The van der Waals surface area contributed by atoms with Gasteiger partial charge in [-0.2, -0.15) is 0 Å². The molecule has 0 aliphatic heterocycles. The second-order valence-corrected chi connectivity index (χ2v) is 4.82. The van der Waals surface area contributed by atoms with Crippen LogP contribution >= 0.6 is 11.3 Å². The third kappa shape index (κ3) is 2.19. The van der Waals surface area contributed by atoms with Crippen LogP contribution in [0.1, 0.15) is 47.2 Å². The number of hydrogen-bond acceptors (Lipinski definition) is 4. The molecule has 0 aromatic carbocycles. The predicted molar refractivity (Wildman–Crippen MR) is 58.6 cm³/mol. The van der Waals surface area contributed by atoms with Gasteiger partial charge in [0.2, 0.25) is 0 Å². The molecule has 14 heavy (non-hydrogen) atoms. The van der Waals surface area contributed by atoms with E-state index < -0.39 is 0 Å². The number of carbonyl (C=O) groups excluding carboxylic acids is 1. The molecule has 1 unspecified atom stereocenters. The quantitative estimate of drug-likeness (QED) is 0.782. The predicted octanol–water partition coefficient (Wildman–Crippen LogP) is 2.31. The maximum absolute atomic E-state index is 11.2. The van der Waals surface area contributed by atoms with E-state index in [9.17, 15) is 4.79 Å². The fourth-order valence-corrected chi connectivity index (χ4v) is 2.31. The second-order valence-electron chi connectivity index (χ2n) is 3.79. The molecule has 1 aromatic heterocycles. The van der Waals surface area contributed by atoms with Gasteiger partial charge in [0.05, 0.1) is 16.6 Å². The first-order valence-electron chi connectivity index (χ1n) is 4.67. The SMILES string of the molecule is CC(=O)c1sc(C(N)C(C)C)nc1C. The molecular formula is C10H16N2OS. The molecule has 78 valence electrons. The van der Waals surface area contributed by atoms with Gasteiger partial charge in [-0.15, -0.1) is 11.3 Å². The van der Waals surface area contributed by atoms with Gasteiger partial charge in [-0.1, -0.05) is 13.8 Å². The molecule has 4 heteroatoms. The maximum Gasteiger partial charge on any atom is 0.171 e. The number of aromatic nitrogens is 1. The Hall–Kier alpha value is -0.740. The van der Waals surface area contributed by atoms with E-state index in [1.54, 1.807) is 6.92 Å². The summed E-state index contributed by atoms with van der Waals surface area (Å²) in [7, 11) is 0. The Balaban J connectivity index is 3.02. The number of nitrogens with zero attached hydrogens (tertiary/aromatic N) is 1. The molecule has 0 aliphatic carbocycles. The largest absolute Gasteiger partial charge is 0.322 e. The molecular weight excluding hydrogens is 196 g/mol. The molecule has 1 atom stereocenters. The summed E-state index contributed by atoms with van der Waals surface area (Å²) in [6.45, 7) is 7.51. The molecule has 3 nitrogen and oxygen atoms in total. The number of Topliss-reactive ketones (excluding diaryl/α,β-unsaturated/α-hetero) is 1. The second kappa shape index (κ2) is 4.19. The van der Waals surface area contributed by atoms with Gasteiger partial charge in [-0.05, 0) is 12.8 Å². The van der Waals surface area contributed by atoms with Crippen LogP contribution < -0.4 is 5.73 Å². The van der Waals surface area contributed by atoms with Gasteiger partial charge in [0.25, 0.3) is 0 Å². The summed E-state index contributed by atoms with van der Waals surface area (Å²) in [6, 6.07) is -0.0631. The van der Waals surface area contributed by atoms with Crippen LogP contribution in [0.15, 0.2) is 0 Å². The molecule has 0 saturated heterocycles. The van der Waals surface area contributed by atoms with Gasteiger partial charge in [-0.25, -0.2) is 4.98 Å². The number of rotatable bonds is 3. The van der Waals surface area contributed by atoms with Gasteiger partial charge in [0.1, 0.15) is 5.01 Å². The van der Waals surface area contributed by atoms with Gasteiger partial charge in [0, 0.05) is 6.92 Å². The minimum Gasteiger partial charge on any atom is -0.322 e. The molecule has 2 N–H and O–H groups in total. The number of thiazole rings is 1. The first-order valence-corrected chi connectivity index (χ1v) is 5.49. The van der Waals surface area contributed by atoms with E-state index in [1.165, 1.54) is 11.3 Å². The van der Waals surface area contributed by atoms with Crippen molar-refractivity contribution in [1.29, 1.82) is 0 Å². The number of ketones is 1. The summed E-state index contributed by atoms with van der Waals surface area (Å²) < 4.78 is 0. The molecule has 0 radical (unpaired) electrons. The van der Waals surface area contributed by atoms with Crippen molar-refractivity contribution < 1.29 is 4.79 Å². The zero-order chi connectivity index (χ0) is 10.9. The van der Waals surface area contributed by atoms with Gasteiger partial charge >= 0.3 is 0 Å². The summed E-state index contributed by atoms with van der Waals surface area (Å²) in [5, 5.41) is 0.864. The average Bonchev–Trinajstić information content (AvgIpc) is 2.45. The monoisotopic (exact) mass is 212 g/mol. The van der Waals surface area contributed by atoms with E-state index in [2.05, 4.69) is 18.8 Å². The number of carbonyl (C=O) groups is 1. The zero-order valence-corrected chi connectivity index (χ0v) is 9.81. The number of aryl methyl sites for hydroxylation is 1. The Morgan fingerprint density at radius 2 is 2.07 bits per heavy atom. The van der Waals surface area contributed by atoms with Crippen molar-refractivity contribution in [2.45, 2.75) is 33.7 Å². The minimum absolute atomic E-state index is 0.0631. The van der Waals surface area contributed by atoms with Gasteiger partial charge in [-0.3, -0.25) is 4.79 Å². The van der Waals surface area contributed by atoms with E-state index in [1.807, 2.05) is 6.92 Å². The van der Waals surface area contributed by atoms with E-state index >= 15 is 0 Å². The molecule has 0 amide bonds. The Morgan fingerprint density at radius 1 is 1.50 bits per heavy atom. The van der Waals surface area contributed by atoms with Crippen molar-refractivity contribution in [3.63, 3.8) is 0 Å². The summed E-state index contributed by atoms with van der Waals surface area (Å²) in [4.78, 5) is 16.3. The molecule has 0 fully saturated rings. The van der Waals surface area contributed by atoms with Crippen LogP contribution in [-0.4, -0.2) is 10.8 Å². The molecule has 0 saturated carbocycles. The first-order chi connectivity index (χ1) is 6.43. The minimum atomic E-state index is -0.0631. The zero-order valence-electron chi connectivity index (χ0n) is 9.00. The smallest absolute Gasteiger partial charge is 0.171 e. The molecule has 1 rings (SSSR count). The summed E-state index contributed by atoms with van der Waals surface area (Å²) >= 11 is 1.42. The highest BCUT2D eigenvalue weighted by Crippen LogP contribution is 2.26. The van der Waals surface area contributed by atoms with E-state index in [-0.39, 0.29) is 11.8 Å². The van der Waals surface area contributed by atoms with Crippen LogP contribution in [0, 0.1) is 12.8 Å². The number of nitrogens with two attached hydrogens (primary N) is 1. The van der Waals surface area contributed by atoms with E-state index in [4.69, 9.17) is 5.73 Å². The Bertz CT molecular complexity index is 344. The van der Waals surface area contributed by atoms with Crippen LogP contribution in [0.5, 0.6) is 0 Å². The molecule has 1 aromatic rings. The molecule has 0 spiro atoms. The number of hydrogen-bond donors (Lipinski definition) is 1. The lowest BCUT2D eigenvalue weighted by Crippen LogP contribution is -2.16. The van der Waals surface area contributed by atoms with Crippen LogP contribution in [0.4, 0.5) is 0 Å². The lowest BCUT2D eigenvalue weighted by Gasteiger charge is -2.11. The van der Waals surface area contributed by atoms with Crippen LogP contribution in [-0.2, 0) is 0 Å². The van der Waals surface area contributed by atoms with Crippen LogP contribution in [0.2, 0.25) is 0 Å². The van der Waals surface area contributed by atoms with Crippen molar-refractivity contribution in [3.05, 3.63) is 15.6 Å². The van der Waals surface area contributed by atoms with E-state index in [0.29, 0.717) is 5.92 Å². The van der Waals surface area contributed by atoms with Crippen molar-refractivity contribution in [1.82, 2.24) is 4.98 Å². The van der Waals surface area contributed by atoms with Gasteiger partial charge in [0.15, 0.2) is 5.78 Å². The fraction of sp³-hybridized carbons (Fsp3) is 0.600. The molecule has 1 heterocycles. The molecule has 0 bridgehead atoms. The maximum atomic E-state index is 11.2.